The molecule has 0 unspecified atom stereocenters. The molecule has 2 rings (SSSR count). The number of aliphatic hydroxyl groups is 1. The molecule has 0 spiro atoms. The first-order valence-electron chi connectivity index (χ1n) is 5.23. The van der Waals surface area contributed by atoms with Gasteiger partial charge in [-0.1, -0.05) is 0 Å². The predicted octanol–water partition coefficient (Wildman–Crippen LogP) is 1.45. The summed E-state index contributed by atoms with van der Waals surface area (Å²) in [5.41, 5.74) is 3.87. The molecule has 1 atom stereocenters. The highest BCUT2D eigenvalue weighted by molar-refractivity contribution is 5.54. The second kappa shape index (κ2) is 4.51. The fraction of sp³-hybridized carbons (Fsp3) is 0.455. The number of hydrogen-bond acceptors (Lipinski definition) is 4. The number of β-amino-alcohol motifs (C(OH)–C–C–N with tert-alkyl or cyclic N) is 1. The van der Waals surface area contributed by atoms with E-state index >= 15 is 0 Å². The predicted molar refractivity (Wildman–Crippen MR) is 59.3 cm³/mol. The molecule has 0 aromatic heterocycles. The molecule has 3 N–H and O–H groups in total. The van der Waals surface area contributed by atoms with E-state index in [2.05, 4.69) is 10.4 Å². The smallest absolute Gasteiger partial charge is 0.0715 e. The van der Waals surface area contributed by atoms with Gasteiger partial charge in [-0.15, -0.1) is 0 Å². The number of nitrogens with one attached hydrogen (secondary N) is 1. The average Bonchev–Trinajstić information content (AvgIpc) is 2.29. The van der Waals surface area contributed by atoms with Crippen LogP contribution >= 0.6 is 0 Å². The Bertz CT molecular complexity index is 313. The quantitative estimate of drug-likeness (QED) is 0.644. The lowest BCUT2D eigenvalue weighted by Gasteiger charge is -2.32. The van der Waals surface area contributed by atoms with Crippen molar-refractivity contribution >= 4 is 11.4 Å². The van der Waals surface area contributed by atoms with Crippen LogP contribution in [0.1, 0.15) is 12.8 Å². The van der Waals surface area contributed by atoms with Crippen molar-refractivity contribution in [2.75, 3.05) is 23.5 Å². The second-order valence-electron chi connectivity index (χ2n) is 3.90. The summed E-state index contributed by atoms with van der Waals surface area (Å²) in [7, 11) is 0. The third kappa shape index (κ3) is 2.40. The lowest BCUT2D eigenvalue weighted by Crippen LogP contribution is -2.38. The first-order chi connectivity index (χ1) is 7.29. The molecule has 1 aromatic carbocycles. The molecule has 4 heteroatoms. The molecular weight excluding hydrogens is 192 g/mol. The molecule has 1 saturated heterocycles. The Morgan fingerprint density at radius 2 is 2.00 bits per heavy atom. The summed E-state index contributed by atoms with van der Waals surface area (Å²) in [6.45, 7) is 1.69. The van der Waals surface area contributed by atoms with Crippen LogP contribution in [0, 0.1) is 0 Å². The molecule has 1 fully saturated rings. The SMILES string of the molecule is ONc1ccc(N2CCC[C@H](O)C2)cc1. The normalized spacial score (nSPS) is 21.5. The van der Waals surface area contributed by atoms with Crippen molar-refractivity contribution in [3.05, 3.63) is 24.3 Å². The lowest BCUT2D eigenvalue weighted by atomic mass is 10.1. The summed E-state index contributed by atoms with van der Waals surface area (Å²) in [4.78, 5) is 2.16. The first-order valence-corrected chi connectivity index (χ1v) is 5.23. The van der Waals surface area contributed by atoms with Crippen LogP contribution < -0.4 is 10.4 Å². The molecular formula is C11H16N2O2. The van der Waals surface area contributed by atoms with Gasteiger partial charge in [-0.05, 0) is 37.1 Å². The molecule has 1 aliphatic heterocycles. The Morgan fingerprint density at radius 1 is 1.27 bits per heavy atom. The Morgan fingerprint density at radius 3 is 2.60 bits per heavy atom. The van der Waals surface area contributed by atoms with Crippen LogP contribution in [0.3, 0.4) is 0 Å². The second-order valence-corrected chi connectivity index (χ2v) is 3.90. The summed E-state index contributed by atoms with van der Waals surface area (Å²) >= 11 is 0. The maximum absolute atomic E-state index is 9.55. The van der Waals surface area contributed by atoms with Gasteiger partial charge in [0.15, 0.2) is 0 Å². The Hall–Kier alpha value is -1.26. The number of rotatable bonds is 2. The zero-order valence-corrected chi connectivity index (χ0v) is 8.56. The van der Waals surface area contributed by atoms with Gasteiger partial charge in [-0.2, -0.15) is 0 Å². The van der Waals surface area contributed by atoms with Gasteiger partial charge >= 0.3 is 0 Å². The fourth-order valence-corrected chi connectivity index (χ4v) is 1.94. The van der Waals surface area contributed by atoms with Crippen molar-refractivity contribution < 1.29 is 10.3 Å². The summed E-state index contributed by atoms with van der Waals surface area (Å²) < 4.78 is 0. The summed E-state index contributed by atoms with van der Waals surface area (Å²) in [5.74, 6) is 0. The zero-order valence-electron chi connectivity index (χ0n) is 8.56. The van der Waals surface area contributed by atoms with E-state index in [1.165, 1.54) is 0 Å². The summed E-state index contributed by atoms with van der Waals surface area (Å²) in [6.07, 6.45) is 1.71. The van der Waals surface area contributed by atoms with Gasteiger partial charge < -0.3 is 10.0 Å². The number of aliphatic hydroxyl groups excluding tert-OH is 1. The van der Waals surface area contributed by atoms with Crippen LogP contribution in [-0.2, 0) is 0 Å². The van der Waals surface area contributed by atoms with Crippen LogP contribution in [0.4, 0.5) is 11.4 Å². The molecule has 1 aromatic rings. The minimum absolute atomic E-state index is 0.214. The molecule has 1 aliphatic rings. The third-order valence-corrected chi connectivity index (χ3v) is 2.76. The topological polar surface area (TPSA) is 55.7 Å². The van der Waals surface area contributed by atoms with E-state index in [0.717, 1.165) is 25.1 Å². The highest BCUT2D eigenvalue weighted by Gasteiger charge is 2.17. The molecule has 0 amide bonds. The molecule has 0 aliphatic carbocycles. The number of nitrogens with zero attached hydrogens (tertiary/aromatic N) is 1. The molecule has 0 radical (unpaired) electrons. The Balaban J connectivity index is 2.07. The number of piperidine rings is 1. The first kappa shape index (κ1) is 10.3. The van der Waals surface area contributed by atoms with E-state index in [1.54, 1.807) is 0 Å². The van der Waals surface area contributed by atoms with Crippen LogP contribution in [-0.4, -0.2) is 29.5 Å². The number of benzene rings is 1. The van der Waals surface area contributed by atoms with Crippen molar-refractivity contribution in [2.24, 2.45) is 0 Å². The van der Waals surface area contributed by atoms with Crippen molar-refractivity contribution in [1.29, 1.82) is 0 Å². The van der Waals surface area contributed by atoms with Crippen molar-refractivity contribution in [3.8, 4) is 0 Å². The standard InChI is InChI=1S/C11H16N2O2/c14-11-2-1-7-13(8-11)10-5-3-9(12-15)4-6-10/h3-6,11-12,14-15H,1-2,7-8H2/t11-/m0/s1. The van der Waals surface area contributed by atoms with Crippen LogP contribution in [0.2, 0.25) is 0 Å². The van der Waals surface area contributed by atoms with Gasteiger partial charge in [-0.25, -0.2) is 0 Å². The van der Waals surface area contributed by atoms with Gasteiger partial charge in [-0.3, -0.25) is 10.7 Å². The van der Waals surface area contributed by atoms with Gasteiger partial charge in [0.2, 0.25) is 0 Å². The molecule has 1 heterocycles. The van der Waals surface area contributed by atoms with Crippen LogP contribution in [0.5, 0.6) is 0 Å². The Labute approximate surface area is 89.1 Å². The van der Waals surface area contributed by atoms with Crippen molar-refractivity contribution in [3.63, 3.8) is 0 Å². The average molecular weight is 208 g/mol. The van der Waals surface area contributed by atoms with Crippen molar-refractivity contribution in [1.82, 2.24) is 0 Å². The molecule has 0 bridgehead atoms. The maximum Gasteiger partial charge on any atom is 0.0715 e. The molecule has 4 nitrogen and oxygen atoms in total. The molecule has 82 valence electrons. The molecule has 15 heavy (non-hydrogen) atoms. The van der Waals surface area contributed by atoms with Crippen molar-refractivity contribution in [2.45, 2.75) is 18.9 Å². The van der Waals surface area contributed by atoms with E-state index in [1.807, 2.05) is 24.3 Å². The minimum atomic E-state index is -0.214. The van der Waals surface area contributed by atoms with Gasteiger partial charge in [0, 0.05) is 18.8 Å². The number of anilines is 2. The van der Waals surface area contributed by atoms with Gasteiger partial charge in [0.05, 0.1) is 11.8 Å². The fourth-order valence-electron chi connectivity index (χ4n) is 1.94. The summed E-state index contributed by atoms with van der Waals surface area (Å²) in [5, 5.41) is 18.2. The van der Waals surface area contributed by atoms with Gasteiger partial charge in [0.25, 0.3) is 0 Å². The van der Waals surface area contributed by atoms with E-state index < -0.39 is 0 Å². The highest BCUT2D eigenvalue weighted by Crippen LogP contribution is 2.21. The monoisotopic (exact) mass is 208 g/mol. The van der Waals surface area contributed by atoms with E-state index in [9.17, 15) is 5.11 Å². The Kier molecular flexibility index (Phi) is 3.08. The highest BCUT2D eigenvalue weighted by atomic mass is 16.5. The van der Waals surface area contributed by atoms with Crippen LogP contribution in [0.15, 0.2) is 24.3 Å². The zero-order chi connectivity index (χ0) is 10.7. The minimum Gasteiger partial charge on any atom is -0.391 e. The van der Waals surface area contributed by atoms with E-state index in [4.69, 9.17) is 5.21 Å². The van der Waals surface area contributed by atoms with Gasteiger partial charge in [0.1, 0.15) is 0 Å². The summed E-state index contributed by atoms with van der Waals surface area (Å²) in [6, 6.07) is 7.51. The largest absolute Gasteiger partial charge is 0.391 e. The lowest BCUT2D eigenvalue weighted by molar-refractivity contribution is 0.154. The van der Waals surface area contributed by atoms with Crippen LogP contribution in [0.25, 0.3) is 0 Å². The van der Waals surface area contributed by atoms with E-state index in [-0.39, 0.29) is 6.10 Å². The maximum atomic E-state index is 9.55. The molecule has 0 saturated carbocycles. The number of hydrogen-bond donors (Lipinski definition) is 3. The third-order valence-electron chi connectivity index (χ3n) is 2.76. The van der Waals surface area contributed by atoms with E-state index in [0.29, 0.717) is 12.2 Å².